The van der Waals surface area contributed by atoms with Crippen LogP contribution in [0.3, 0.4) is 0 Å². The molecule has 1 fully saturated rings. The fourth-order valence-corrected chi connectivity index (χ4v) is 4.44. The molecule has 0 unspecified atom stereocenters. The Morgan fingerprint density at radius 2 is 1.71 bits per heavy atom. The molecule has 1 saturated heterocycles. The Morgan fingerprint density at radius 1 is 1.00 bits per heavy atom. The smallest absolute Gasteiger partial charge is 0.285 e. The van der Waals surface area contributed by atoms with Gasteiger partial charge in [-0.25, -0.2) is 0 Å². The largest absolute Gasteiger partial charge is 0.497 e. The van der Waals surface area contributed by atoms with E-state index in [0.29, 0.717) is 39.9 Å². The van der Waals surface area contributed by atoms with Crippen LogP contribution in [0, 0.1) is 0 Å². The van der Waals surface area contributed by atoms with Crippen molar-refractivity contribution in [3.8, 4) is 17.2 Å². The number of benzene rings is 3. The second kappa shape index (κ2) is 11.1. The number of carbonyl (C=O) groups excluding carboxylic acids is 2. The van der Waals surface area contributed by atoms with Gasteiger partial charge in [0.1, 0.15) is 23.9 Å². The van der Waals surface area contributed by atoms with Gasteiger partial charge >= 0.3 is 0 Å². The van der Waals surface area contributed by atoms with Crippen LogP contribution in [0.15, 0.2) is 77.7 Å². The Kier molecular flexibility index (Phi) is 7.69. The van der Waals surface area contributed by atoms with Gasteiger partial charge in [0, 0.05) is 11.1 Å². The monoisotopic (exact) mass is 506 g/mol. The Balaban J connectivity index is 1.42. The number of amides is 2. The molecule has 1 aliphatic rings. The Morgan fingerprint density at radius 3 is 2.40 bits per heavy atom. The number of nitrogens with one attached hydrogen (secondary N) is 1. The highest BCUT2D eigenvalue weighted by atomic mass is 32.2. The van der Waals surface area contributed by atoms with E-state index in [4.69, 9.17) is 26.4 Å². The Bertz CT molecular complexity index is 1280. The maximum Gasteiger partial charge on any atom is 0.285 e. The summed E-state index contributed by atoms with van der Waals surface area (Å²) in [5.74, 6) is 0.940. The van der Waals surface area contributed by atoms with E-state index in [1.165, 1.54) is 0 Å². The summed E-state index contributed by atoms with van der Waals surface area (Å²) in [7, 11) is 3.10. The van der Waals surface area contributed by atoms with E-state index in [1.54, 1.807) is 62.8 Å². The first-order valence-electron chi connectivity index (χ1n) is 10.6. The predicted octanol–water partition coefficient (Wildman–Crippen LogP) is 4.83. The quantitative estimate of drug-likeness (QED) is 0.346. The van der Waals surface area contributed by atoms with Crippen LogP contribution in [0.2, 0.25) is 0 Å². The van der Waals surface area contributed by atoms with Crippen LogP contribution in [0.4, 0.5) is 0 Å². The molecule has 0 spiro atoms. The average molecular weight is 507 g/mol. The van der Waals surface area contributed by atoms with Crippen LogP contribution >= 0.6 is 24.0 Å². The third-order valence-corrected chi connectivity index (χ3v) is 6.40. The van der Waals surface area contributed by atoms with Crippen molar-refractivity contribution in [1.82, 2.24) is 10.4 Å². The normalized spacial score (nSPS) is 14.2. The molecule has 35 heavy (non-hydrogen) atoms. The van der Waals surface area contributed by atoms with Crippen LogP contribution < -0.4 is 19.6 Å². The topological polar surface area (TPSA) is 77.1 Å². The second-order valence-electron chi connectivity index (χ2n) is 7.36. The van der Waals surface area contributed by atoms with E-state index < -0.39 is 11.8 Å². The van der Waals surface area contributed by atoms with Crippen LogP contribution in [0.1, 0.15) is 21.5 Å². The highest BCUT2D eigenvalue weighted by Crippen LogP contribution is 2.34. The lowest BCUT2D eigenvalue weighted by molar-refractivity contribution is -0.123. The fraction of sp³-hybridized carbons (Fsp3) is 0.115. The standard InChI is InChI=1S/C26H22N2O5S2/c1-31-21-12-13-22(32-2)19(14-21)15-23-25(30)28(26(34)35-23)27-24(29)18-8-10-20(11-9-18)33-16-17-6-4-3-5-7-17/h3-15H,16H2,1-2H3,(H,27,29)/b23-15-. The van der Waals surface area contributed by atoms with Crippen molar-refractivity contribution in [3.63, 3.8) is 0 Å². The van der Waals surface area contributed by atoms with Gasteiger partial charge in [-0.2, -0.15) is 5.01 Å². The summed E-state index contributed by atoms with van der Waals surface area (Å²) in [5.41, 5.74) is 4.65. The summed E-state index contributed by atoms with van der Waals surface area (Å²) < 4.78 is 16.6. The lowest BCUT2D eigenvalue weighted by Crippen LogP contribution is -2.44. The molecule has 178 valence electrons. The average Bonchev–Trinajstić information content (AvgIpc) is 3.15. The lowest BCUT2D eigenvalue weighted by atomic mass is 10.1. The molecule has 2 amide bonds. The number of rotatable bonds is 8. The maximum absolute atomic E-state index is 13.0. The summed E-state index contributed by atoms with van der Waals surface area (Å²) >= 11 is 6.42. The van der Waals surface area contributed by atoms with E-state index in [9.17, 15) is 9.59 Å². The maximum atomic E-state index is 13.0. The molecular weight excluding hydrogens is 484 g/mol. The van der Waals surface area contributed by atoms with Crippen molar-refractivity contribution in [2.24, 2.45) is 0 Å². The van der Waals surface area contributed by atoms with Gasteiger partial charge in [0.15, 0.2) is 4.32 Å². The summed E-state index contributed by atoms with van der Waals surface area (Å²) in [6.45, 7) is 0.424. The molecular formula is C26H22N2O5S2. The molecule has 0 bridgehead atoms. The molecule has 1 N–H and O–H groups in total. The number of ether oxygens (including phenoxy) is 3. The zero-order valence-corrected chi connectivity index (χ0v) is 20.7. The van der Waals surface area contributed by atoms with Crippen molar-refractivity contribution in [2.75, 3.05) is 14.2 Å². The van der Waals surface area contributed by atoms with Crippen LogP contribution in [0.5, 0.6) is 17.2 Å². The van der Waals surface area contributed by atoms with E-state index in [2.05, 4.69) is 5.43 Å². The molecule has 0 saturated carbocycles. The first-order valence-corrected chi connectivity index (χ1v) is 11.8. The van der Waals surface area contributed by atoms with Gasteiger partial charge < -0.3 is 14.2 Å². The van der Waals surface area contributed by atoms with Crippen LogP contribution in [-0.2, 0) is 11.4 Å². The number of hydrazine groups is 1. The zero-order chi connectivity index (χ0) is 24.8. The highest BCUT2D eigenvalue weighted by Gasteiger charge is 2.34. The molecule has 3 aromatic carbocycles. The summed E-state index contributed by atoms with van der Waals surface area (Å²) in [5, 5.41) is 1.07. The molecule has 0 atom stereocenters. The van der Waals surface area contributed by atoms with Gasteiger partial charge in [-0.15, -0.1) is 0 Å². The van der Waals surface area contributed by atoms with Crippen molar-refractivity contribution >= 4 is 46.2 Å². The van der Waals surface area contributed by atoms with Gasteiger partial charge in [-0.1, -0.05) is 42.1 Å². The minimum Gasteiger partial charge on any atom is -0.497 e. The van der Waals surface area contributed by atoms with Crippen LogP contribution in [0.25, 0.3) is 6.08 Å². The molecule has 1 heterocycles. The molecule has 4 rings (SSSR count). The molecule has 9 heteroatoms. The summed E-state index contributed by atoms with van der Waals surface area (Å²) in [6.07, 6.45) is 1.66. The number of thiocarbonyl (C=S) groups is 1. The molecule has 3 aromatic rings. The number of nitrogens with zero attached hydrogens (tertiary/aromatic N) is 1. The van der Waals surface area contributed by atoms with Crippen LogP contribution in [-0.4, -0.2) is 35.4 Å². The van der Waals surface area contributed by atoms with Gasteiger partial charge in [0.2, 0.25) is 0 Å². The summed E-state index contributed by atoms with van der Waals surface area (Å²) in [4.78, 5) is 26.1. The highest BCUT2D eigenvalue weighted by molar-refractivity contribution is 8.26. The number of methoxy groups -OCH3 is 2. The van der Waals surface area contributed by atoms with Crippen molar-refractivity contribution in [2.45, 2.75) is 6.61 Å². The van der Waals surface area contributed by atoms with Crippen molar-refractivity contribution in [3.05, 3.63) is 94.4 Å². The van der Waals surface area contributed by atoms with E-state index in [1.807, 2.05) is 30.3 Å². The molecule has 7 nitrogen and oxygen atoms in total. The number of hydrogen-bond acceptors (Lipinski definition) is 7. The second-order valence-corrected chi connectivity index (χ2v) is 9.04. The first-order chi connectivity index (χ1) is 17.0. The molecule has 0 aromatic heterocycles. The third kappa shape index (κ3) is 5.82. The first kappa shape index (κ1) is 24.3. The Labute approximate surface area is 212 Å². The molecule has 0 radical (unpaired) electrons. The summed E-state index contributed by atoms with van der Waals surface area (Å²) in [6, 6.07) is 21.7. The lowest BCUT2D eigenvalue weighted by Gasteiger charge is -2.16. The van der Waals surface area contributed by atoms with Gasteiger partial charge in [0.05, 0.1) is 19.1 Å². The van der Waals surface area contributed by atoms with E-state index in [-0.39, 0.29) is 4.32 Å². The number of thioether (sulfide) groups is 1. The number of hydrogen-bond donors (Lipinski definition) is 1. The van der Waals surface area contributed by atoms with Gasteiger partial charge in [0.25, 0.3) is 11.8 Å². The van der Waals surface area contributed by atoms with Gasteiger partial charge in [-0.05, 0) is 66.3 Å². The van der Waals surface area contributed by atoms with E-state index >= 15 is 0 Å². The SMILES string of the molecule is COc1ccc(OC)c(/C=C2\SC(=S)N(NC(=O)c3ccc(OCc4ccccc4)cc3)C2=O)c1. The van der Waals surface area contributed by atoms with Crippen molar-refractivity contribution < 1.29 is 23.8 Å². The fourth-order valence-electron chi connectivity index (χ4n) is 3.27. The minimum atomic E-state index is -0.462. The Hall–Kier alpha value is -3.82. The number of carbonyl (C=O) groups is 2. The predicted molar refractivity (Wildman–Crippen MR) is 139 cm³/mol. The molecule has 0 aliphatic carbocycles. The van der Waals surface area contributed by atoms with E-state index in [0.717, 1.165) is 22.3 Å². The van der Waals surface area contributed by atoms with Crippen molar-refractivity contribution in [1.29, 1.82) is 0 Å². The van der Waals surface area contributed by atoms with Gasteiger partial charge in [-0.3, -0.25) is 15.0 Å². The zero-order valence-electron chi connectivity index (χ0n) is 19.0. The minimum absolute atomic E-state index is 0.222. The third-order valence-electron chi connectivity index (χ3n) is 5.10. The molecule has 1 aliphatic heterocycles.